The lowest BCUT2D eigenvalue weighted by Crippen LogP contribution is -2.63. The second kappa shape index (κ2) is 15.6. The number of carbonyl (C=O) groups is 4. The predicted molar refractivity (Wildman–Crippen MR) is 175 cm³/mol. The van der Waals surface area contributed by atoms with Gasteiger partial charge < -0.3 is 19.7 Å². The molecule has 0 bridgehead atoms. The third-order valence-corrected chi connectivity index (χ3v) is 7.69. The Labute approximate surface area is 265 Å². The first-order valence-corrected chi connectivity index (χ1v) is 15.6. The van der Waals surface area contributed by atoms with Crippen LogP contribution in [0.4, 0.5) is 4.79 Å². The standard InChI is InChI=1S/C35H57N3O6/c1-15-24(31(41)43-16-2)22-26(23(3)4)37(13)30(40)27(33(5,6)7)36-29(39)28(38(14)32(42)44-34(8,9)10)35(11,12)25-20-18-17-19-21-25/h17-23,26-28H,15-16H2,1-14H3,(H,36,39)/t26-,27-,28-/m1/s1. The molecule has 44 heavy (non-hydrogen) atoms. The van der Waals surface area contributed by atoms with Crippen LogP contribution in [0, 0.1) is 11.3 Å². The third-order valence-electron chi connectivity index (χ3n) is 7.69. The van der Waals surface area contributed by atoms with Crippen LogP contribution in [-0.4, -0.2) is 78.1 Å². The number of hydrogen-bond acceptors (Lipinski definition) is 6. The van der Waals surface area contributed by atoms with Crippen LogP contribution in [0.2, 0.25) is 0 Å². The number of amides is 3. The topological polar surface area (TPSA) is 105 Å². The van der Waals surface area contributed by atoms with E-state index >= 15 is 0 Å². The van der Waals surface area contributed by atoms with Crippen LogP contribution in [0.5, 0.6) is 0 Å². The number of likely N-dealkylation sites (N-methyl/N-ethyl adjacent to an activating group) is 2. The van der Waals surface area contributed by atoms with E-state index in [0.717, 1.165) is 5.56 Å². The van der Waals surface area contributed by atoms with Crippen molar-refractivity contribution >= 4 is 23.9 Å². The molecule has 248 valence electrons. The van der Waals surface area contributed by atoms with E-state index in [1.54, 1.807) is 52.8 Å². The van der Waals surface area contributed by atoms with Crippen molar-refractivity contribution in [3.05, 3.63) is 47.5 Å². The number of nitrogens with one attached hydrogen (secondary N) is 1. The summed E-state index contributed by atoms with van der Waals surface area (Å²) in [5, 5.41) is 3.02. The van der Waals surface area contributed by atoms with Crippen LogP contribution in [0.3, 0.4) is 0 Å². The first kappa shape index (κ1) is 38.7. The van der Waals surface area contributed by atoms with Crippen molar-refractivity contribution in [2.75, 3.05) is 20.7 Å². The average molecular weight is 616 g/mol. The van der Waals surface area contributed by atoms with Crippen LogP contribution in [0.15, 0.2) is 42.0 Å². The monoisotopic (exact) mass is 615 g/mol. The molecule has 0 radical (unpaired) electrons. The Morgan fingerprint density at radius 2 is 1.43 bits per heavy atom. The van der Waals surface area contributed by atoms with Crippen LogP contribution in [0.25, 0.3) is 0 Å². The second-order valence-corrected chi connectivity index (χ2v) is 14.3. The number of rotatable bonds is 12. The van der Waals surface area contributed by atoms with Gasteiger partial charge in [0, 0.05) is 25.1 Å². The van der Waals surface area contributed by atoms with Crippen LogP contribution in [0.1, 0.15) is 95.1 Å². The molecule has 0 aliphatic carbocycles. The summed E-state index contributed by atoms with van der Waals surface area (Å²) in [6, 6.07) is 7.11. The molecular formula is C35H57N3O6. The first-order chi connectivity index (χ1) is 20.1. The highest BCUT2D eigenvalue weighted by Gasteiger charge is 2.45. The molecular weight excluding hydrogens is 558 g/mol. The zero-order valence-corrected chi connectivity index (χ0v) is 29.5. The van der Waals surface area contributed by atoms with Crippen molar-refractivity contribution in [2.45, 2.75) is 119 Å². The van der Waals surface area contributed by atoms with Gasteiger partial charge in [0.05, 0.1) is 12.6 Å². The fourth-order valence-electron chi connectivity index (χ4n) is 5.18. The summed E-state index contributed by atoms with van der Waals surface area (Å²) in [6.45, 7) is 22.6. The van der Waals surface area contributed by atoms with Gasteiger partial charge in [-0.3, -0.25) is 14.5 Å². The van der Waals surface area contributed by atoms with E-state index in [2.05, 4.69) is 5.32 Å². The maximum absolute atomic E-state index is 14.3. The van der Waals surface area contributed by atoms with Crippen molar-refractivity contribution in [1.82, 2.24) is 15.1 Å². The smallest absolute Gasteiger partial charge is 0.410 e. The summed E-state index contributed by atoms with van der Waals surface area (Å²) >= 11 is 0. The summed E-state index contributed by atoms with van der Waals surface area (Å²) in [7, 11) is 3.23. The Morgan fingerprint density at radius 1 is 0.886 bits per heavy atom. The number of nitrogens with zero attached hydrogens (tertiary/aromatic N) is 2. The maximum atomic E-state index is 14.3. The molecule has 9 nitrogen and oxygen atoms in total. The molecule has 0 aromatic heterocycles. The Balaban J connectivity index is 3.61. The lowest BCUT2D eigenvalue weighted by atomic mass is 9.76. The molecule has 0 unspecified atom stereocenters. The van der Waals surface area contributed by atoms with E-state index in [-0.39, 0.29) is 18.4 Å². The molecule has 0 spiro atoms. The van der Waals surface area contributed by atoms with Crippen LogP contribution >= 0.6 is 0 Å². The Kier molecular flexibility index (Phi) is 13.7. The van der Waals surface area contributed by atoms with Gasteiger partial charge in [-0.2, -0.15) is 0 Å². The van der Waals surface area contributed by atoms with E-state index in [9.17, 15) is 19.2 Å². The van der Waals surface area contributed by atoms with Gasteiger partial charge in [0.1, 0.15) is 17.7 Å². The second-order valence-electron chi connectivity index (χ2n) is 14.3. The molecule has 0 fully saturated rings. The van der Waals surface area contributed by atoms with Gasteiger partial charge in [-0.05, 0) is 51.0 Å². The molecule has 9 heteroatoms. The third kappa shape index (κ3) is 10.4. The molecule has 0 saturated carbocycles. The molecule has 3 amide bonds. The van der Waals surface area contributed by atoms with E-state index in [4.69, 9.17) is 9.47 Å². The van der Waals surface area contributed by atoms with Gasteiger partial charge >= 0.3 is 12.1 Å². The fraction of sp³-hybridized carbons (Fsp3) is 0.657. The molecule has 1 rings (SSSR count). The molecule has 1 N–H and O–H groups in total. The minimum absolute atomic E-state index is 0.0284. The highest BCUT2D eigenvalue weighted by molar-refractivity contribution is 5.93. The number of ether oxygens (including phenoxy) is 2. The summed E-state index contributed by atoms with van der Waals surface area (Å²) in [4.78, 5) is 57.3. The summed E-state index contributed by atoms with van der Waals surface area (Å²) in [5.41, 5.74) is -0.969. The maximum Gasteiger partial charge on any atom is 0.410 e. The Hall–Kier alpha value is -3.36. The molecule has 0 heterocycles. The Bertz CT molecular complexity index is 1160. The molecule has 1 aromatic rings. The van der Waals surface area contributed by atoms with Crippen LogP contribution < -0.4 is 5.32 Å². The minimum atomic E-state index is -1.01. The minimum Gasteiger partial charge on any atom is -0.463 e. The number of carbonyl (C=O) groups excluding carboxylic acids is 4. The molecule has 1 aromatic carbocycles. The van der Waals surface area contributed by atoms with E-state index in [1.807, 2.05) is 85.7 Å². The number of benzene rings is 1. The van der Waals surface area contributed by atoms with E-state index < -0.39 is 52.5 Å². The first-order valence-electron chi connectivity index (χ1n) is 15.6. The van der Waals surface area contributed by atoms with Crippen molar-refractivity contribution in [2.24, 2.45) is 11.3 Å². The van der Waals surface area contributed by atoms with E-state index in [0.29, 0.717) is 12.0 Å². The largest absolute Gasteiger partial charge is 0.463 e. The van der Waals surface area contributed by atoms with Crippen molar-refractivity contribution < 1.29 is 28.7 Å². The van der Waals surface area contributed by atoms with Gasteiger partial charge in [-0.15, -0.1) is 0 Å². The van der Waals surface area contributed by atoms with E-state index in [1.165, 1.54) is 4.90 Å². The van der Waals surface area contributed by atoms with Gasteiger partial charge in [0.15, 0.2) is 0 Å². The molecule has 0 aliphatic rings. The predicted octanol–water partition coefficient (Wildman–Crippen LogP) is 6.11. The quantitative estimate of drug-likeness (QED) is 0.225. The number of esters is 1. The number of hydrogen-bond donors (Lipinski definition) is 1. The average Bonchev–Trinajstić information content (AvgIpc) is 2.90. The van der Waals surface area contributed by atoms with Crippen molar-refractivity contribution in [3.8, 4) is 0 Å². The summed E-state index contributed by atoms with van der Waals surface area (Å²) in [6.07, 6.45) is 1.60. The van der Waals surface area contributed by atoms with Crippen molar-refractivity contribution in [3.63, 3.8) is 0 Å². The van der Waals surface area contributed by atoms with Gasteiger partial charge in [-0.1, -0.05) is 91.8 Å². The summed E-state index contributed by atoms with van der Waals surface area (Å²) < 4.78 is 10.9. The van der Waals surface area contributed by atoms with Gasteiger partial charge in [0.25, 0.3) is 0 Å². The highest BCUT2D eigenvalue weighted by Crippen LogP contribution is 2.32. The zero-order valence-electron chi connectivity index (χ0n) is 29.5. The fourth-order valence-corrected chi connectivity index (χ4v) is 5.18. The van der Waals surface area contributed by atoms with Gasteiger partial charge in [0.2, 0.25) is 11.8 Å². The normalized spacial score (nSPS) is 14.8. The zero-order chi connectivity index (χ0) is 34.2. The van der Waals surface area contributed by atoms with Gasteiger partial charge in [-0.25, -0.2) is 9.59 Å². The molecule has 0 aliphatic heterocycles. The highest BCUT2D eigenvalue weighted by atomic mass is 16.6. The molecule has 3 atom stereocenters. The molecule has 0 saturated heterocycles. The van der Waals surface area contributed by atoms with Crippen LogP contribution in [-0.2, 0) is 29.3 Å². The lowest BCUT2D eigenvalue weighted by molar-refractivity contribution is -0.142. The SMILES string of the molecule is CCOC(=O)C(=C[C@H](C(C)C)N(C)C(=O)[C@@H](NC(=O)[C@@H](N(C)C(=O)OC(C)(C)C)C(C)(C)c1ccccc1)C(C)(C)C)CC. The lowest BCUT2D eigenvalue weighted by Gasteiger charge is -2.42. The Morgan fingerprint density at radius 3 is 1.86 bits per heavy atom. The van der Waals surface area contributed by atoms with Crippen molar-refractivity contribution in [1.29, 1.82) is 0 Å². The summed E-state index contributed by atoms with van der Waals surface area (Å²) in [5.74, 6) is -1.22.